The number of imidazole rings is 1. The largest absolute Gasteiger partial charge is 0.333 e. The molecule has 0 amide bonds. The highest BCUT2D eigenvalue weighted by molar-refractivity contribution is 7.99. The summed E-state index contributed by atoms with van der Waals surface area (Å²) in [5.74, 6) is 0.385. The number of non-ortho nitro benzene ring substituents is 1. The molecule has 0 atom stereocenters. The van der Waals surface area contributed by atoms with E-state index >= 15 is 0 Å². The Hall–Kier alpha value is -3.19. The van der Waals surface area contributed by atoms with Crippen LogP contribution in [0.25, 0.3) is 21.8 Å². The fourth-order valence-corrected chi connectivity index (χ4v) is 3.68. The number of rotatable bonds is 6. The molecule has 6 nitrogen and oxygen atoms in total. The molecule has 0 spiro atoms. The molecule has 0 unspecified atom stereocenters. The number of H-pyrrole nitrogens is 1. The van der Waals surface area contributed by atoms with Gasteiger partial charge in [-0.05, 0) is 22.4 Å². The van der Waals surface area contributed by atoms with Crippen LogP contribution in [0, 0.1) is 10.1 Å². The van der Waals surface area contributed by atoms with Crippen LogP contribution in [0.4, 0.5) is 5.69 Å². The van der Waals surface area contributed by atoms with Crippen LogP contribution >= 0.6 is 11.8 Å². The molecular weight excluding hydrogens is 362 g/mol. The van der Waals surface area contributed by atoms with Gasteiger partial charge in [0.2, 0.25) is 0 Å². The van der Waals surface area contributed by atoms with Crippen molar-refractivity contribution in [2.75, 3.05) is 5.75 Å². The normalized spacial score (nSPS) is 11.1. The van der Waals surface area contributed by atoms with Gasteiger partial charge in [-0.15, -0.1) is 0 Å². The molecule has 134 valence electrons. The van der Waals surface area contributed by atoms with Crippen molar-refractivity contribution < 1.29 is 9.72 Å². The summed E-state index contributed by atoms with van der Waals surface area (Å²) >= 11 is 1.31. The number of aromatic amines is 1. The fourth-order valence-electron chi connectivity index (χ4n) is 2.93. The van der Waals surface area contributed by atoms with E-state index in [0.717, 1.165) is 16.3 Å². The van der Waals surface area contributed by atoms with Gasteiger partial charge in [-0.1, -0.05) is 54.2 Å². The predicted molar refractivity (Wildman–Crippen MR) is 106 cm³/mol. The van der Waals surface area contributed by atoms with Crippen molar-refractivity contribution in [3.8, 4) is 0 Å². The fraction of sp³-hybridized carbons (Fsp3) is 0.100. The summed E-state index contributed by atoms with van der Waals surface area (Å²) < 4.78 is 0. The van der Waals surface area contributed by atoms with Gasteiger partial charge in [-0.2, -0.15) is 0 Å². The quantitative estimate of drug-likeness (QED) is 0.303. The molecule has 4 aromatic rings. The Morgan fingerprint density at radius 1 is 1.07 bits per heavy atom. The number of nitrogens with one attached hydrogen (secondary N) is 1. The third kappa shape index (κ3) is 3.83. The molecule has 0 radical (unpaired) electrons. The molecular formula is C20H15N3O3S. The Morgan fingerprint density at radius 2 is 1.89 bits per heavy atom. The minimum Gasteiger partial charge on any atom is -0.333 e. The molecule has 0 aliphatic heterocycles. The first kappa shape index (κ1) is 17.2. The molecule has 0 bridgehead atoms. The zero-order chi connectivity index (χ0) is 18.8. The number of benzene rings is 3. The SMILES string of the molecule is O=C(CSc1nc2ccc([N+](=O)[O-])cc2[nH]1)Cc1ccc2ccccc2c1. The summed E-state index contributed by atoms with van der Waals surface area (Å²) in [5, 5.41) is 13.7. The van der Waals surface area contributed by atoms with Crippen molar-refractivity contribution in [1.82, 2.24) is 9.97 Å². The third-order valence-corrected chi connectivity index (χ3v) is 5.17. The van der Waals surface area contributed by atoms with E-state index in [-0.39, 0.29) is 17.2 Å². The van der Waals surface area contributed by atoms with Gasteiger partial charge in [-0.25, -0.2) is 4.98 Å². The van der Waals surface area contributed by atoms with E-state index in [2.05, 4.69) is 9.97 Å². The molecule has 0 saturated heterocycles. The van der Waals surface area contributed by atoms with E-state index in [1.807, 2.05) is 42.5 Å². The zero-order valence-corrected chi connectivity index (χ0v) is 15.0. The first-order chi connectivity index (χ1) is 13.1. The number of carbonyl (C=O) groups excluding carboxylic acids is 1. The first-order valence-corrected chi connectivity index (χ1v) is 9.33. The van der Waals surface area contributed by atoms with Crippen LogP contribution in [0.5, 0.6) is 0 Å². The van der Waals surface area contributed by atoms with E-state index in [0.29, 0.717) is 22.6 Å². The van der Waals surface area contributed by atoms with Gasteiger partial charge >= 0.3 is 0 Å². The predicted octanol–water partition coefficient (Wildman–Crippen LogP) is 4.53. The van der Waals surface area contributed by atoms with E-state index in [1.165, 1.54) is 23.9 Å². The van der Waals surface area contributed by atoms with Crippen molar-refractivity contribution >= 4 is 45.0 Å². The summed E-state index contributed by atoms with van der Waals surface area (Å²) in [7, 11) is 0. The van der Waals surface area contributed by atoms with Gasteiger partial charge in [0.25, 0.3) is 5.69 Å². The lowest BCUT2D eigenvalue weighted by molar-refractivity contribution is -0.384. The molecule has 1 aromatic heterocycles. The molecule has 3 aromatic carbocycles. The molecule has 4 rings (SSSR count). The smallest absolute Gasteiger partial charge is 0.271 e. The first-order valence-electron chi connectivity index (χ1n) is 8.35. The van der Waals surface area contributed by atoms with Crippen LogP contribution in [-0.4, -0.2) is 26.4 Å². The number of thioether (sulfide) groups is 1. The van der Waals surface area contributed by atoms with Gasteiger partial charge in [0.1, 0.15) is 5.78 Å². The summed E-state index contributed by atoms with van der Waals surface area (Å²) in [6, 6.07) is 18.6. The number of nitro groups is 1. The zero-order valence-electron chi connectivity index (χ0n) is 14.2. The van der Waals surface area contributed by atoms with E-state index in [9.17, 15) is 14.9 Å². The third-order valence-electron chi connectivity index (χ3n) is 4.24. The number of hydrogen-bond acceptors (Lipinski definition) is 5. The summed E-state index contributed by atoms with van der Waals surface area (Å²) in [5.41, 5.74) is 2.23. The van der Waals surface area contributed by atoms with Crippen molar-refractivity contribution in [3.63, 3.8) is 0 Å². The molecule has 7 heteroatoms. The maximum Gasteiger partial charge on any atom is 0.271 e. The molecule has 0 fully saturated rings. The van der Waals surface area contributed by atoms with Crippen LogP contribution < -0.4 is 0 Å². The Balaban J connectivity index is 1.42. The van der Waals surface area contributed by atoms with Crippen molar-refractivity contribution in [2.24, 2.45) is 0 Å². The second kappa shape index (κ2) is 7.20. The van der Waals surface area contributed by atoms with Crippen molar-refractivity contribution in [2.45, 2.75) is 11.6 Å². The number of carbonyl (C=O) groups is 1. The number of nitrogens with zero attached hydrogens (tertiary/aromatic N) is 2. The number of ketones is 1. The van der Waals surface area contributed by atoms with Gasteiger partial charge in [0, 0.05) is 18.6 Å². The highest BCUT2D eigenvalue weighted by atomic mass is 32.2. The minimum absolute atomic E-state index is 0.00933. The van der Waals surface area contributed by atoms with E-state index < -0.39 is 4.92 Å². The standard InChI is InChI=1S/C20H15N3O3S/c24-17(10-13-5-6-14-3-1-2-4-15(14)9-13)12-27-20-21-18-8-7-16(23(25)26)11-19(18)22-20/h1-9,11H,10,12H2,(H,21,22). The second-order valence-corrected chi connectivity index (χ2v) is 7.15. The topological polar surface area (TPSA) is 88.9 Å². The molecule has 0 saturated carbocycles. The second-order valence-electron chi connectivity index (χ2n) is 6.19. The maximum absolute atomic E-state index is 12.3. The van der Waals surface area contributed by atoms with Crippen LogP contribution in [-0.2, 0) is 11.2 Å². The highest BCUT2D eigenvalue weighted by Gasteiger charge is 2.11. The Morgan fingerprint density at radius 3 is 2.70 bits per heavy atom. The summed E-state index contributed by atoms with van der Waals surface area (Å²) in [6.07, 6.45) is 0.365. The monoisotopic (exact) mass is 377 g/mol. The summed E-state index contributed by atoms with van der Waals surface area (Å²) in [4.78, 5) is 30.1. The number of aromatic nitrogens is 2. The van der Waals surface area contributed by atoms with E-state index in [1.54, 1.807) is 6.07 Å². The number of fused-ring (bicyclic) bond motifs is 2. The van der Waals surface area contributed by atoms with Gasteiger partial charge in [0.15, 0.2) is 5.16 Å². The lowest BCUT2D eigenvalue weighted by Crippen LogP contribution is -2.05. The van der Waals surface area contributed by atoms with Crippen molar-refractivity contribution in [3.05, 3.63) is 76.3 Å². The van der Waals surface area contributed by atoms with Crippen LogP contribution in [0.2, 0.25) is 0 Å². The number of nitro benzene ring substituents is 1. The maximum atomic E-state index is 12.3. The molecule has 0 aliphatic carbocycles. The van der Waals surface area contributed by atoms with Gasteiger partial charge in [0.05, 0.1) is 21.7 Å². The average Bonchev–Trinajstić information content (AvgIpc) is 3.08. The molecule has 0 aliphatic rings. The van der Waals surface area contributed by atoms with Gasteiger partial charge < -0.3 is 4.98 Å². The average molecular weight is 377 g/mol. The lowest BCUT2D eigenvalue weighted by atomic mass is 10.0. The van der Waals surface area contributed by atoms with Crippen LogP contribution in [0.15, 0.2) is 65.8 Å². The van der Waals surface area contributed by atoms with E-state index in [4.69, 9.17) is 0 Å². The van der Waals surface area contributed by atoms with Crippen LogP contribution in [0.1, 0.15) is 5.56 Å². The van der Waals surface area contributed by atoms with Gasteiger partial charge in [-0.3, -0.25) is 14.9 Å². The number of Topliss-reactive ketones (excluding diaryl/α,β-unsaturated/α-hetero) is 1. The summed E-state index contributed by atoms with van der Waals surface area (Å²) in [6.45, 7) is 0. The Labute approximate surface area is 158 Å². The molecule has 27 heavy (non-hydrogen) atoms. The Kier molecular flexibility index (Phi) is 4.60. The van der Waals surface area contributed by atoms with Crippen LogP contribution in [0.3, 0.4) is 0 Å². The number of hydrogen-bond donors (Lipinski definition) is 1. The minimum atomic E-state index is -0.444. The lowest BCUT2D eigenvalue weighted by Gasteiger charge is -2.03. The molecule has 1 heterocycles. The highest BCUT2D eigenvalue weighted by Crippen LogP contribution is 2.23. The Bertz CT molecular complexity index is 1170. The van der Waals surface area contributed by atoms with Crippen molar-refractivity contribution in [1.29, 1.82) is 0 Å². The molecule has 1 N–H and O–H groups in total.